The molecule has 3 aromatic rings. The number of aromatic nitrogens is 5. The van der Waals surface area contributed by atoms with Crippen LogP contribution in [0.15, 0.2) is 23.0 Å². The Morgan fingerprint density at radius 3 is 2.46 bits per heavy atom. The number of hydrogen-bond donors (Lipinski definition) is 1. The van der Waals surface area contributed by atoms with Crippen molar-refractivity contribution >= 4 is 10.9 Å². The highest BCUT2D eigenvalue weighted by atomic mass is 16.1. The van der Waals surface area contributed by atoms with Gasteiger partial charge in [-0.15, -0.1) is 5.10 Å². The van der Waals surface area contributed by atoms with Crippen LogP contribution in [-0.4, -0.2) is 36.1 Å². The lowest BCUT2D eigenvalue weighted by molar-refractivity contribution is 0.0598. The van der Waals surface area contributed by atoms with E-state index in [0.717, 1.165) is 53.5 Å². The molecule has 2 aromatic heterocycles. The zero-order valence-corrected chi connectivity index (χ0v) is 21.8. The highest BCUT2D eigenvalue weighted by Gasteiger charge is 2.36. The predicted octanol–water partition coefficient (Wildman–Crippen LogP) is 5.78. The Morgan fingerprint density at radius 1 is 1.03 bits per heavy atom. The van der Waals surface area contributed by atoms with E-state index in [1.807, 2.05) is 0 Å². The second-order valence-electron chi connectivity index (χ2n) is 11.2. The van der Waals surface area contributed by atoms with Gasteiger partial charge in [-0.1, -0.05) is 57.6 Å². The van der Waals surface area contributed by atoms with Crippen molar-refractivity contribution in [2.24, 2.45) is 5.92 Å². The summed E-state index contributed by atoms with van der Waals surface area (Å²) in [5, 5.41) is 14.3. The molecule has 2 aliphatic rings. The summed E-state index contributed by atoms with van der Waals surface area (Å²) in [6, 6.07) is 7.31. The Hall–Kier alpha value is -2.54. The number of aryl methyl sites for hydroxylation is 2. The minimum Gasteiger partial charge on any atom is -0.321 e. The van der Waals surface area contributed by atoms with Crippen LogP contribution in [0.1, 0.15) is 106 Å². The normalized spacial score (nSPS) is 18.8. The molecule has 0 amide bonds. The highest BCUT2D eigenvalue weighted by molar-refractivity contribution is 5.82. The van der Waals surface area contributed by atoms with Crippen LogP contribution in [0.4, 0.5) is 0 Å². The molecule has 1 atom stereocenters. The molecule has 0 spiro atoms. The first-order chi connectivity index (χ1) is 16.9. The van der Waals surface area contributed by atoms with E-state index >= 15 is 0 Å². The van der Waals surface area contributed by atoms with Crippen molar-refractivity contribution in [3.8, 4) is 0 Å². The summed E-state index contributed by atoms with van der Waals surface area (Å²) in [6.07, 6.45) is 10.9. The molecule has 5 rings (SSSR count). The van der Waals surface area contributed by atoms with Crippen LogP contribution in [0.5, 0.6) is 0 Å². The smallest absolute Gasteiger partial charge is 0.252 e. The Labute approximate surface area is 208 Å². The summed E-state index contributed by atoms with van der Waals surface area (Å²) >= 11 is 0. The van der Waals surface area contributed by atoms with Crippen molar-refractivity contribution in [3.05, 3.63) is 51.1 Å². The van der Waals surface area contributed by atoms with Gasteiger partial charge in [0.2, 0.25) is 0 Å². The molecule has 2 fully saturated rings. The number of aromatic amines is 1. The Bertz CT molecular complexity index is 1220. The first-order valence-electron chi connectivity index (χ1n) is 13.6. The zero-order valence-electron chi connectivity index (χ0n) is 21.8. The van der Waals surface area contributed by atoms with E-state index in [1.165, 1.54) is 37.7 Å². The van der Waals surface area contributed by atoms with E-state index in [0.29, 0.717) is 24.5 Å². The first kappa shape index (κ1) is 24.2. The molecule has 1 N–H and O–H groups in total. The molecular formula is C28H40N6O. The number of fused-ring (bicyclic) bond motifs is 1. The third-order valence-electron chi connectivity index (χ3n) is 8.21. The monoisotopic (exact) mass is 476 g/mol. The van der Waals surface area contributed by atoms with E-state index in [9.17, 15) is 4.79 Å². The fourth-order valence-corrected chi connectivity index (χ4v) is 6.55. The summed E-state index contributed by atoms with van der Waals surface area (Å²) < 4.78 is 2.12. The molecule has 0 unspecified atom stereocenters. The van der Waals surface area contributed by atoms with Gasteiger partial charge < -0.3 is 4.98 Å². The van der Waals surface area contributed by atoms with Gasteiger partial charge in [0.15, 0.2) is 5.82 Å². The molecule has 2 heterocycles. The Kier molecular flexibility index (Phi) is 7.05. The van der Waals surface area contributed by atoms with Gasteiger partial charge in [0.1, 0.15) is 0 Å². The summed E-state index contributed by atoms with van der Waals surface area (Å²) in [7, 11) is 0. The van der Waals surface area contributed by atoms with Gasteiger partial charge in [-0.05, 0) is 79.0 Å². The molecule has 35 heavy (non-hydrogen) atoms. The lowest BCUT2D eigenvalue weighted by Gasteiger charge is -2.41. The van der Waals surface area contributed by atoms with E-state index in [-0.39, 0.29) is 11.6 Å². The fraction of sp³-hybridized carbons (Fsp3) is 0.643. The van der Waals surface area contributed by atoms with Crippen molar-refractivity contribution in [1.29, 1.82) is 0 Å². The number of pyridine rings is 1. The second kappa shape index (κ2) is 10.2. The highest BCUT2D eigenvalue weighted by Crippen LogP contribution is 2.38. The van der Waals surface area contributed by atoms with Crippen LogP contribution in [0.25, 0.3) is 10.9 Å². The molecule has 7 nitrogen and oxygen atoms in total. The quantitative estimate of drug-likeness (QED) is 0.468. The van der Waals surface area contributed by atoms with E-state index in [4.69, 9.17) is 0 Å². The number of rotatable bonds is 7. The molecule has 0 aliphatic heterocycles. The summed E-state index contributed by atoms with van der Waals surface area (Å²) in [5.41, 5.74) is 4.12. The number of hydrogen-bond acceptors (Lipinski definition) is 5. The standard InChI is InChI=1S/C28H40N6O/c1-18(2)26(27-30-31-32-34(27)24-12-8-9-13-24)33(23-10-6-5-7-11-23)17-22-16-21-15-19(3)14-20(4)25(21)29-28(22)35/h14-16,18,23-24,26H,5-13,17H2,1-4H3,(H,29,35)/t26-/m0/s1. The molecule has 1 aromatic carbocycles. The van der Waals surface area contributed by atoms with Crippen molar-refractivity contribution in [1.82, 2.24) is 30.1 Å². The SMILES string of the molecule is Cc1cc(C)c2[nH]c(=O)c(CN(C3CCCCC3)[C@H](c3nnnn3C3CCCC3)C(C)C)cc2c1. The van der Waals surface area contributed by atoms with Crippen molar-refractivity contribution in [2.75, 3.05) is 0 Å². The average Bonchev–Trinajstić information content (AvgIpc) is 3.52. The van der Waals surface area contributed by atoms with Gasteiger partial charge >= 0.3 is 0 Å². The van der Waals surface area contributed by atoms with Crippen LogP contribution in [0, 0.1) is 19.8 Å². The van der Waals surface area contributed by atoms with Crippen molar-refractivity contribution in [2.45, 2.75) is 110 Å². The maximum absolute atomic E-state index is 13.3. The molecule has 2 saturated carbocycles. The molecule has 7 heteroatoms. The fourth-order valence-electron chi connectivity index (χ4n) is 6.55. The molecule has 0 radical (unpaired) electrons. The molecule has 188 valence electrons. The minimum atomic E-state index is 0.0168. The van der Waals surface area contributed by atoms with E-state index < -0.39 is 0 Å². The molecule has 0 saturated heterocycles. The van der Waals surface area contributed by atoms with Crippen LogP contribution in [0.2, 0.25) is 0 Å². The van der Waals surface area contributed by atoms with Crippen LogP contribution in [-0.2, 0) is 6.54 Å². The number of benzene rings is 1. The predicted molar refractivity (Wildman–Crippen MR) is 139 cm³/mol. The van der Waals surface area contributed by atoms with Gasteiger partial charge in [0.25, 0.3) is 5.56 Å². The maximum atomic E-state index is 13.3. The van der Waals surface area contributed by atoms with E-state index in [1.54, 1.807) is 0 Å². The maximum Gasteiger partial charge on any atom is 0.252 e. The van der Waals surface area contributed by atoms with Crippen molar-refractivity contribution < 1.29 is 0 Å². The van der Waals surface area contributed by atoms with Crippen LogP contribution in [0.3, 0.4) is 0 Å². The average molecular weight is 477 g/mol. The summed E-state index contributed by atoms with van der Waals surface area (Å²) in [5.74, 6) is 1.30. The summed E-state index contributed by atoms with van der Waals surface area (Å²) in [4.78, 5) is 19.1. The Balaban J connectivity index is 1.57. The number of H-pyrrole nitrogens is 1. The summed E-state index contributed by atoms with van der Waals surface area (Å²) in [6.45, 7) is 9.33. The first-order valence-corrected chi connectivity index (χ1v) is 13.6. The van der Waals surface area contributed by atoms with Crippen LogP contribution < -0.4 is 5.56 Å². The lowest BCUT2D eigenvalue weighted by Crippen LogP contribution is -2.43. The Morgan fingerprint density at radius 2 is 1.74 bits per heavy atom. The van der Waals surface area contributed by atoms with Gasteiger partial charge in [0.05, 0.1) is 17.6 Å². The van der Waals surface area contributed by atoms with Crippen molar-refractivity contribution in [3.63, 3.8) is 0 Å². The van der Waals surface area contributed by atoms with Gasteiger partial charge in [0, 0.05) is 18.2 Å². The van der Waals surface area contributed by atoms with E-state index in [2.05, 4.69) is 76.0 Å². The minimum absolute atomic E-state index is 0.0168. The zero-order chi connectivity index (χ0) is 24.5. The van der Waals surface area contributed by atoms with Gasteiger partial charge in [-0.25, -0.2) is 4.68 Å². The molecule has 0 bridgehead atoms. The molecule has 2 aliphatic carbocycles. The van der Waals surface area contributed by atoms with Crippen LogP contribution >= 0.6 is 0 Å². The third-order valence-corrected chi connectivity index (χ3v) is 8.21. The molecular weight excluding hydrogens is 436 g/mol. The largest absolute Gasteiger partial charge is 0.321 e. The number of nitrogens with one attached hydrogen (secondary N) is 1. The second-order valence-corrected chi connectivity index (χ2v) is 11.2. The van der Waals surface area contributed by atoms with Gasteiger partial charge in [-0.3, -0.25) is 9.69 Å². The third kappa shape index (κ3) is 4.92. The number of nitrogens with zero attached hydrogens (tertiary/aromatic N) is 5. The lowest BCUT2D eigenvalue weighted by atomic mass is 9.90. The van der Waals surface area contributed by atoms with Gasteiger partial charge in [-0.2, -0.15) is 0 Å². The number of tetrazole rings is 1. The topological polar surface area (TPSA) is 79.7 Å².